The summed E-state index contributed by atoms with van der Waals surface area (Å²) in [6.07, 6.45) is 5.71. The molecule has 1 aliphatic carbocycles. The Labute approximate surface area is 155 Å². The van der Waals surface area contributed by atoms with Crippen molar-refractivity contribution in [2.24, 2.45) is 0 Å². The van der Waals surface area contributed by atoms with Gasteiger partial charge in [0, 0.05) is 17.8 Å². The van der Waals surface area contributed by atoms with Gasteiger partial charge in [0.15, 0.2) is 9.84 Å². The highest BCUT2D eigenvalue weighted by atomic mass is 32.2. The van der Waals surface area contributed by atoms with Gasteiger partial charge >= 0.3 is 0 Å². The van der Waals surface area contributed by atoms with E-state index in [2.05, 4.69) is 4.90 Å². The van der Waals surface area contributed by atoms with E-state index in [-0.39, 0.29) is 29.5 Å². The van der Waals surface area contributed by atoms with Crippen LogP contribution >= 0.6 is 0 Å². The number of hydrogen-bond donors (Lipinski definition) is 0. The van der Waals surface area contributed by atoms with Crippen LogP contribution in [-0.2, 0) is 14.6 Å². The molecule has 0 radical (unpaired) electrons. The fraction of sp³-hybridized carbons (Fsp3) is 0.632. The molecule has 6 nitrogen and oxygen atoms in total. The largest absolute Gasteiger partial charge is 0.497 e. The fourth-order valence-electron chi connectivity index (χ4n) is 4.80. The zero-order chi connectivity index (χ0) is 18.3. The summed E-state index contributed by atoms with van der Waals surface area (Å²) in [4.78, 5) is 16.9. The first-order chi connectivity index (χ1) is 12.5. The third-order valence-corrected chi connectivity index (χ3v) is 7.73. The van der Waals surface area contributed by atoms with Crippen molar-refractivity contribution in [1.29, 1.82) is 0 Å². The van der Waals surface area contributed by atoms with Gasteiger partial charge in [-0.2, -0.15) is 0 Å². The van der Waals surface area contributed by atoms with Crippen LogP contribution in [0.5, 0.6) is 5.75 Å². The standard InChI is InChI=1S/C19H26N2O4S/c1-25-16-9-7-15(8-10-16)21-18-13-26(23,24)12-17(18)20(11-19(21)22)14-5-3-2-4-6-14/h7-10,14,17-18H,2-6,11-13H2,1H3. The molecule has 0 aromatic heterocycles. The molecule has 0 bridgehead atoms. The van der Waals surface area contributed by atoms with Gasteiger partial charge in [-0.05, 0) is 37.1 Å². The van der Waals surface area contributed by atoms with Crippen molar-refractivity contribution >= 4 is 21.4 Å². The van der Waals surface area contributed by atoms with E-state index in [1.54, 1.807) is 12.0 Å². The van der Waals surface area contributed by atoms with E-state index in [4.69, 9.17) is 4.74 Å². The van der Waals surface area contributed by atoms with Crippen molar-refractivity contribution in [3.63, 3.8) is 0 Å². The molecule has 1 amide bonds. The molecular weight excluding hydrogens is 352 g/mol. The van der Waals surface area contributed by atoms with Gasteiger partial charge in [-0.1, -0.05) is 19.3 Å². The number of anilines is 1. The van der Waals surface area contributed by atoms with Crippen molar-refractivity contribution in [2.75, 3.05) is 30.1 Å². The van der Waals surface area contributed by atoms with E-state index in [1.165, 1.54) is 19.3 Å². The molecule has 2 aliphatic heterocycles. The molecule has 3 fully saturated rings. The number of piperazine rings is 1. The summed E-state index contributed by atoms with van der Waals surface area (Å²) in [5.41, 5.74) is 0.756. The number of nitrogens with zero attached hydrogens (tertiary/aromatic N) is 2. The molecule has 1 saturated carbocycles. The smallest absolute Gasteiger partial charge is 0.241 e. The molecule has 2 unspecified atom stereocenters. The van der Waals surface area contributed by atoms with Crippen molar-refractivity contribution in [1.82, 2.24) is 4.90 Å². The maximum Gasteiger partial charge on any atom is 0.241 e. The van der Waals surface area contributed by atoms with Crippen LogP contribution < -0.4 is 9.64 Å². The Hall–Kier alpha value is -1.60. The lowest BCUT2D eigenvalue weighted by Gasteiger charge is -2.47. The lowest BCUT2D eigenvalue weighted by molar-refractivity contribution is -0.124. The van der Waals surface area contributed by atoms with Gasteiger partial charge in [0.25, 0.3) is 0 Å². The summed E-state index contributed by atoms with van der Waals surface area (Å²) < 4.78 is 30.0. The summed E-state index contributed by atoms with van der Waals surface area (Å²) in [6, 6.07) is 7.26. The minimum absolute atomic E-state index is 0.000842. The summed E-state index contributed by atoms with van der Waals surface area (Å²) >= 11 is 0. The van der Waals surface area contributed by atoms with Crippen molar-refractivity contribution < 1.29 is 17.9 Å². The first-order valence-electron chi connectivity index (χ1n) is 9.41. The van der Waals surface area contributed by atoms with Crippen molar-refractivity contribution in [2.45, 2.75) is 50.2 Å². The van der Waals surface area contributed by atoms with Crippen LogP contribution in [-0.4, -0.2) is 62.5 Å². The summed E-state index contributed by atoms with van der Waals surface area (Å²) in [5, 5.41) is 0. The Bertz CT molecular complexity index is 771. The van der Waals surface area contributed by atoms with Crippen LogP contribution in [0.4, 0.5) is 5.69 Å². The SMILES string of the molecule is COc1ccc(N2C(=O)CN(C3CCCCC3)C3CS(=O)(=O)CC32)cc1. The number of sulfone groups is 1. The molecule has 0 N–H and O–H groups in total. The second kappa shape index (κ2) is 6.85. The zero-order valence-electron chi connectivity index (χ0n) is 15.1. The third kappa shape index (κ3) is 3.22. The normalized spacial score (nSPS) is 29.6. The molecule has 4 rings (SSSR count). The zero-order valence-corrected chi connectivity index (χ0v) is 16.0. The minimum Gasteiger partial charge on any atom is -0.497 e. The minimum atomic E-state index is -3.14. The highest BCUT2D eigenvalue weighted by Gasteiger charge is 2.51. The Morgan fingerprint density at radius 2 is 1.65 bits per heavy atom. The van der Waals surface area contributed by atoms with E-state index >= 15 is 0 Å². The quantitative estimate of drug-likeness (QED) is 0.803. The second-order valence-corrected chi connectivity index (χ2v) is 9.79. The predicted octanol–water partition coefficient (Wildman–Crippen LogP) is 1.84. The van der Waals surface area contributed by atoms with Gasteiger partial charge < -0.3 is 9.64 Å². The van der Waals surface area contributed by atoms with E-state index in [9.17, 15) is 13.2 Å². The van der Waals surface area contributed by atoms with Gasteiger partial charge in [0.1, 0.15) is 5.75 Å². The van der Waals surface area contributed by atoms with E-state index in [1.807, 2.05) is 24.3 Å². The van der Waals surface area contributed by atoms with Crippen LogP contribution in [0.25, 0.3) is 0 Å². The summed E-state index contributed by atoms with van der Waals surface area (Å²) in [5.74, 6) is 0.934. The number of carbonyl (C=O) groups excluding carboxylic acids is 1. The maximum absolute atomic E-state index is 13.0. The van der Waals surface area contributed by atoms with Crippen LogP contribution in [0.15, 0.2) is 24.3 Å². The molecule has 1 aromatic carbocycles. The highest BCUT2D eigenvalue weighted by molar-refractivity contribution is 7.91. The first kappa shape index (κ1) is 17.8. The number of amides is 1. The van der Waals surface area contributed by atoms with E-state index in [0.717, 1.165) is 24.3 Å². The average Bonchev–Trinajstić information content (AvgIpc) is 2.97. The molecule has 7 heteroatoms. The van der Waals surface area contributed by atoms with Gasteiger partial charge in [0.2, 0.25) is 5.91 Å². The van der Waals surface area contributed by atoms with Crippen molar-refractivity contribution in [3.8, 4) is 5.75 Å². The summed E-state index contributed by atoms with van der Waals surface area (Å²) in [6.45, 7) is 0.313. The number of rotatable bonds is 3. The fourth-order valence-corrected chi connectivity index (χ4v) is 6.76. The molecule has 2 saturated heterocycles. The third-order valence-electron chi connectivity index (χ3n) is 6.03. The number of ether oxygens (including phenoxy) is 1. The topological polar surface area (TPSA) is 66.9 Å². The number of methoxy groups -OCH3 is 1. The predicted molar refractivity (Wildman–Crippen MR) is 100 cm³/mol. The van der Waals surface area contributed by atoms with Crippen LogP contribution in [0.2, 0.25) is 0 Å². The highest BCUT2D eigenvalue weighted by Crippen LogP contribution is 2.36. The van der Waals surface area contributed by atoms with Crippen LogP contribution in [0.3, 0.4) is 0 Å². The lowest BCUT2D eigenvalue weighted by Crippen LogP contribution is -2.64. The molecule has 1 aromatic rings. The average molecular weight is 378 g/mol. The lowest BCUT2D eigenvalue weighted by atomic mass is 9.91. The van der Waals surface area contributed by atoms with Crippen molar-refractivity contribution in [3.05, 3.63) is 24.3 Å². The summed E-state index contributed by atoms with van der Waals surface area (Å²) in [7, 11) is -1.54. The Kier molecular flexibility index (Phi) is 4.69. The molecule has 0 spiro atoms. The van der Waals surface area contributed by atoms with E-state index < -0.39 is 9.84 Å². The van der Waals surface area contributed by atoms with E-state index in [0.29, 0.717) is 12.6 Å². The van der Waals surface area contributed by atoms with Gasteiger partial charge in [0.05, 0.1) is 31.2 Å². The molecular formula is C19H26N2O4S. The van der Waals surface area contributed by atoms with Gasteiger partial charge in [-0.25, -0.2) is 8.42 Å². The Balaban J connectivity index is 1.66. The molecule has 26 heavy (non-hydrogen) atoms. The number of benzene rings is 1. The number of fused-ring (bicyclic) bond motifs is 1. The molecule has 3 aliphatic rings. The number of hydrogen-bond acceptors (Lipinski definition) is 5. The molecule has 2 heterocycles. The first-order valence-corrected chi connectivity index (χ1v) is 11.2. The second-order valence-electron chi connectivity index (χ2n) is 7.64. The number of carbonyl (C=O) groups is 1. The molecule has 142 valence electrons. The maximum atomic E-state index is 13.0. The molecule has 2 atom stereocenters. The van der Waals surface area contributed by atoms with Crippen LogP contribution in [0.1, 0.15) is 32.1 Å². The Morgan fingerprint density at radius 3 is 2.31 bits per heavy atom. The van der Waals surface area contributed by atoms with Gasteiger partial charge in [-0.15, -0.1) is 0 Å². The monoisotopic (exact) mass is 378 g/mol. The Morgan fingerprint density at radius 1 is 1.00 bits per heavy atom. The van der Waals surface area contributed by atoms with Gasteiger partial charge in [-0.3, -0.25) is 9.69 Å². The van der Waals surface area contributed by atoms with Crippen LogP contribution in [0, 0.1) is 0 Å².